The lowest BCUT2D eigenvalue weighted by Gasteiger charge is -2.17. The molecule has 7 heteroatoms. The number of anilines is 1. The van der Waals surface area contributed by atoms with E-state index in [0.29, 0.717) is 17.9 Å². The number of aromatic nitrogens is 2. The van der Waals surface area contributed by atoms with Crippen LogP contribution in [0.15, 0.2) is 36.7 Å². The minimum Gasteiger partial charge on any atom is -0.336 e. The highest BCUT2D eigenvalue weighted by Crippen LogP contribution is 2.09. The molecule has 0 spiro atoms. The van der Waals surface area contributed by atoms with Gasteiger partial charge in [0.05, 0.1) is 24.0 Å². The van der Waals surface area contributed by atoms with E-state index in [9.17, 15) is 4.79 Å². The zero-order chi connectivity index (χ0) is 15.2. The average Bonchev–Trinajstić information content (AvgIpc) is 2.54. The van der Waals surface area contributed by atoms with Crippen LogP contribution in [-0.4, -0.2) is 27.8 Å². The molecule has 0 atom stereocenters. The summed E-state index contributed by atoms with van der Waals surface area (Å²) < 4.78 is 0. The van der Waals surface area contributed by atoms with Crippen molar-refractivity contribution in [3.63, 3.8) is 0 Å². The molecule has 0 radical (unpaired) electrons. The number of rotatable bonds is 4. The van der Waals surface area contributed by atoms with E-state index in [1.165, 1.54) is 17.3 Å². The lowest BCUT2D eigenvalue weighted by molar-refractivity contribution is 0.0779. The zero-order valence-electron chi connectivity index (χ0n) is 11.4. The van der Waals surface area contributed by atoms with E-state index in [4.69, 9.17) is 11.1 Å². The van der Waals surface area contributed by atoms with Crippen molar-refractivity contribution in [2.45, 2.75) is 6.54 Å². The van der Waals surface area contributed by atoms with E-state index in [1.807, 2.05) is 6.07 Å². The third-order valence-corrected chi connectivity index (χ3v) is 2.82. The van der Waals surface area contributed by atoms with Gasteiger partial charge in [0.2, 0.25) is 0 Å². The molecule has 0 saturated carbocycles. The van der Waals surface area contributed by atoms with E-state index >= 15 is 0 Å². The monoisotopic (exact) mass is 282 g/mol. The number of nitrogens with two attached hydrogens (primary N) is 1. The predicted molar refractivity (Wildman–Crippen MR) is 76.8 cm³/mol. The van der Waals surface area contributed by atoms with E-state index in [1.54, 1.807) is 25.2 Å². The number of nitrogens with one attached hydrogen (secondary N) is 1. The average molecular weight is 282 g/mol. The van der Waals surface area contributed by atoms with Crippen LogP contribution in [0.5, 0.6) is 0 Å². The Morgan fingerprint density at radius 1 is 1.48 bits per heavy atom. The highest BCUT2D eigenvalue weighted by molar-refractivity contribution is 5.92. The third kappa shape index (κ3) is 3.52. The molecule has 0 fully saturated rings. The molecule has 1 aromatic carbocycles. The van der Waals surface area contributed by atoms with Crippen molar-refractivity contribution in [3.8, 4) is 6.07 Å². The minimum absolute atomic E-state index is 0.199. The Labute approximate surface area is 122 Å². The fourth-order valence-corrected chi connectivity index (χ4v) is 1.82. The quantitative estimate of drug-likeness (QED) is 0.637. The Balaban J connectivity index is 2.13. The van der Waals surface area contributed by atoms with Crippen molar-refractivity contribution >= 4 is 11.7 Å². The maximum atomic E-state index is 12.3. The van der Waals surface area contributed by atoms with Gasteiger partial charge < -0.3 is 10.3 Å². The molecular weight excluding hydrogens is 268 g/mol. The highest BCUT2D eigenvalue weighted by atomic mass is 16.2. The molecule has 7 nitrogen and oxygen atoms in total. The van der Waals surface area contributed by atoms with Crippen LogP contribution >= 0.6 is 0 Å². The molecular formula is C14H14N6O. The Kier molecular flexibility index (Phi) is 4.43. The molecule has 0 aliphatic heterocycles. The van der Waals surface area contributed by atoms with Gasteiger partial charge in [0.25, 0.3) is 5.91 Å². The van der Waals surface area contributed by atoms with Crippen LogP contribution in [0.4, 0.5) is 5.82 Å². The highest BCUT2D eigenvalue weighted by Gasteiger charge is 2.14. The summed E-state index contributed by atoms with van der Waals surface area (Å²) in [6.45, 7) is 0.371. The van der Waals surface area contributed by atoms with Crippen molar-refractivity contribution in [1.29, 1.82) is 5.26 Å². The van der Waals surface area contributed by atoms with Gasteiger partial charge in [0.1, 0.15) is 5.69 Å². The van der Waals surface area contributed by atoms with Gasteiger partial charge in [-0.1, -0.05) is 12.1 Å². The molecule has 1 amide bonds. The van der Waals surface area contributed by atoms with Gasteiger partial charge in [0.15, 0.2) is 5.82 Å². The number of hydrogen-bond acceptors (Lipinski definition) is 6. The second-order valence-corrected chi connectivity index (χ2v) is 4.41. The van der Waals surface area contributed by atoms with Crippen LogP contribution in [0.2, 0.25) is 0 Å². The summed E-state index contributed by atoms with van der Waals surface area (Å²) in [5.74, 6) is 5.29. The van der Waals surface area contributed by atoms with Gasteiger partial charge in [-0.3, -0.25) is 9.78 Å². The van der Waals surface area contributed by atoms with Crippen molar-refractivity contribution in [3.05, 3.63) is 53.5 Å². The number of hydrogen-bond donors (Lipinski definition) is 2. The van der Waals surface area contributed by atoms with Gasteiger partial charge in [-0.2, -0.15) is 5.26 Å². The molecule has 1 aromatic heterocycles. The first kappa shape index (κ1) is 14.4. The first-order valence-electron chi connectivity index (χ1n) is 6.17. The number of carbonyl (C=O) groups is 1. The molecule has 0 saturated heterocycles. The van der Waals surface area contributed by atoms with Crippen LogP contribution in [0.3, 0.4) is 0 Å². The van der Waals surface area contributed by atoms with E-state index in [0.717, 1.165) is 5.56 Å². The molecule has 0 bridgehead atoms. The number of nitrogen functional groups attached to an aromatic ring is 1. The molecule has 21 heavy (non-hydrogen) atoms. The summed E-state index contributed by atoms with van der Waals surface area (Å²) in [7, 11) is 1.66. The van der Waals surface area contributed by atoms with Gasteiger partial charge in [-0.25, -0.2) is 10.8 Å². The van der Waals surface area contributed by atoms with Gasteiger partial charge >= 0.3 is 0 Å². The number of nitrogens with zero attached hydrogens (tertiary/aromatic N) is 4. The summed E-state index contributed by atoms with van der Waals surface area (Å²) in [4.78, 5) is 21.7. The molecule has 1 heterocycles. The molecule has 2 aromatic rings. The smallest absolute Gasteiger partial charge is 0.274 e. The summed E-state index contributed by atoms with van der Waals surface area (Å²) in [6.07, 6.45) is 2.80. The molecule has 106 valence electrons. The molecule has 3 N–H and O–H groups in total. The van der Waals surface area contributed by atoms with Gasteiger partial charge in [-0.15, -0.1) is 0 Å². The van der Waals surface area contributed by atoms with E-state index in [-0.39, 0.29) is 11.6 Å². The van der Waals surface area contributed by atoms with Crippen LogP contribution in [0.25, 0.3) is 0 Å². The Morgan fingerprint density at radius 2 is 2.29 bits per heavy atom. The first-order valence-corrected chi connectivity index (χ1v) is 6.17. The Morgan fingerprint density at radius 3 is 3.00 bits per heavy atom. The molecule has 0 aliphatic rings. The second kappa shape index (κ2) is 6.45. The number of nitriles is 1. The summed E-state index contributed by atoms with van der Waals surface area (Å²) >= 11 is 0. The summed E-state index contributed by atoms with van der Waals surface area (Å²) in [6, 6.07) is 9.17. The van der Waals surface area contributed by atoms with Crippen molar-refractivity contribution < 1.29 is 4.79 Å². The SMILES string of the molecule is CN(Cc1cccc(C#N)c1)C(=O)c1cncc(NN)n1. The standard InChI is InChI=1S/C14H14N6O/c1-20(9-11-4-2-3-10(5-11)6-15)14(21)12-7-17-8-13(18-12)19-16/h2-5,7-8H,9,16H2,1H3,(H,18,19). The fourth-order valence-electron chi connectivity index (χ4n) is 1.82. The van der Waals surface area contributed by atoms with E-state index < -0.39 is 0 Å². The summed E-state index contributed by atoms with van der Waals surface area (Å²) in [5, 5.41) is 8.87. The number of carbonyl (C=O) groups excluding carboxylic acids is 1. The number of hydrazine groups is 1. The largest absolute Gasteiger partial charge is 0.336 e. The first-order chi connectivity index (χ1) is 10.1. The van der Waals surface area contributed by atoms with Crippen molar-refractivity contribution in [1.82, 2.24) is 14.9 Å². The maximum absolute atomic E-state index is 12.3. The van der Waals surface area contributed by atoms with Crippen LogP contribution in [-0.2, 0) is 6.54 Å². The molecule has 0 unspecified atom stereocenters. The van der Waals surface area contributed by atoms with Gasteiger partial charge in [-0.05, 0) is 17.7 Å². The lowest BCUT2D eigenvalue weighted by Crippen LogP contribution is -2.27. The van der Waals surface area contributed by atoms with Crippen LogP contribution in [0, 0.1) is 11.3 Å². The van der Waals surface area contributed by atoms with Crippen LogP contribution in [0.1, 0.15) is 21.6 Å². The number of amides is 1. The van der Waals surface area contributed by atoms with Crippen molar-refractivity contribution in [2.75, 3.05) is 12.5 Å². The Bertz CT molecular complexity index is 694. The van der Waals surface area contributed by atoms with Gasteiger partial charge in [0, 0.05) is 13.6 Å². The third-order valence-electron chi connectivity index (χ3n) is 2.82. The van der Waals surface area contributed by atoms with Crippen LogP contribution < -0.4 is 11.3 Å². The minimum atomic E-state index is -0.276. The molecule has 2 rings (SSSR count). The summed E-state index contributed by atoms with van der Waals surface area (Å²) in [5.41, 5.74) is 3.97. The van der Waals surface area contributed by atoms with Crippen molar-refractivity contribution in [2.24, 2.45) is 5.84 Å². The molecule has 0 aliphatic carbocycles. The lowest BCUT2D eigenvalue weighted by atomic mass is 10.1. The fraction of sp³-hybridized carbons (Fsp3) is 0.143. The normalized spacial score (nSPS) is 9.76. The topological polar surface area (TPSA) is 108 Å². The van der Waals surface area contributed by atoms with E-state index in [2.05, 4.69) is 21.5 Å². The number of benzene rings is 1. The Hall–Kier alpha value is -2.98. The zero-order valence-corrected chi connectivity index (χ0v) is 11.4. The maximum Gasteiger partial charge on any atom is 0.274 e. The second-order valence-electron chi connectivity index (χ2n) is 4.41. The predicted octanol–water partition coefficient (Wildman–Crippen LogP) is 0.906.